The number of hydrogen-bond donors (Lipinski definition) is 0. The van der Waals surface area contributed by atoms with Crippen molar-refractivity contribution in [2.75, 3.05) is 42.7 Å². The standard InChI is InChI=1S/C30H65N3O9Si6/c1-26(43(10,11)20-18-22-47(37-4,38-5)39-6)45(14,15)24-32-28(34)31(3)29(35)33(30(32)36)25-46(16,17)27(2)44(12,13)21-19-23-48(40-7,41-8)42-9/h1-2,18-25H2,3-17H3. The summed E-state index contributed by atoms with van der Waals surface area (Å²) in [6.07, 6.45) is 2.26. The van der Waals surface area contributed by atoms with Crippen LogP contribution in [0.2, 0.25) is 76.6 Å². The summed E-state index contributed by atoms with van der Waals surface area (Å²) in [7, 11) is -2.96. The van der Waals surface area contributed by atoms with Crippen molar-refractivity contribution in [2.24, 2.45) is 7.05 Å². The van der Waals surface area contributed by atoms with Crippen LogP contribution in [0.1, 0.15) is 12.8 Å². The van der Waals surface area contributed by atoms with E-state index in [0.717, 1.165) is 29.5 Å². The lowest BCUT2D eigenvalue weighted by Crippen LogP contribution is -2.60. The number of nitrogens with zero attached hydrogens (tertiary/aromatic N) is 3. The summed E-state index contributed by atoms with van der Waals surface area (Å²) in [5, 5.41) is 0. The van der Waals surface area contributed by atoms with Crippen LogP contribution >= 0.6 is 0 Å². The van der Waals surface area contributed by atoms with Crippen LogP contribution in [0.25, 0.3) is 0 Å². The third-order valence-electron chi connectivity index (χ3n) is 10.3. The van der Waals surface area contributed by atoms with E-state index in [1.807, 2.05) is 0 Å². The molecule has 0 spiro atoms. The molecule has 1 heterocycles. The van der Waals surface area contributed by atoms with Gasteiger partial charge in [0.2, 0.25) is 0 Å². The molecule has 0 N–H and O–H groups in total. The predicted octanol–water partition coefficient (Wildman–Crippen LogP) is 4.43. The van der Waals surface area contributed by atoms with E-state index < -0.39 is 67.0 Å². The molecule has 0 unspecified atom stereocenters. The molecule has 1 aromatic rings. The Morgan fingerprint density at radius 3 is 1.02 bits per heavy atom. The Balaban J connectivity index is 3.34. The van der Waals surface area contributed by atoms with Crippen LogP contribution in [0.5, 0.6) is 0 Å². The highest BCUT2D eigenvalue weighted by atomic mass is 28.4. The van der Waals surface area contributed by atoms with Gasteiger partial charge in [0.05, 0.1) is 32.3 Å². The molecule has 0 aliphatic heterocycles. The van der Waals surface area contributed by atoms with Crippen molar-refractivity contribution in [2.45, 2.75) is 102 Å². The Kier molecular flexibility index (Phi) is 16.3. The Morgan fingerprint density at radius 2 is 0.771 bits per heavy atom. The van der Waals surface area contributed by atoms with Gasteiger partial charge >= 0.3 is 34.7 Å². The fourth-order valence-electron chi connectivity index (χ4n) is 6.75. The van der Waals surface area contributed by atoms with Gasteiger partial charge in [-0.15, -0.1) is 13.2 Å². The summed E-state index contributed by atoms with van der Waals surface area (Å²) >= 11 is 0. The number of aromatic nitrogens is 3. The summed E-state index contributed by atoms with van der Waals surface area (Å²) in [5.74, 6) is 0. The third kappa shape index (κ3) is 10.5. The molecule has 1 aromatic heterocycles. The minimum atomic E-state index is -2.68. The number of rotatable bonds is 22. The van der Waals surface area contributed by atoms with Crippen LogP contribution in [-0.2, 0) is 45.9 Å². The topological polar surface area (TPSA) is 121 Å². The summed E-state index contributed by atoms with van der Waals surface area (Å²) < 4.78 is 37.3. The van der Waals surface area contributed by atoms with Crippen LogP contribution in [0.3, 0.4) is 0 Å². The van der Waals surface area contributed by atoms with Crippen LogP contribution in [0.15, 0.2) is 37.2 Å². The SMILES string of the molecule is C=C([Si](C)(C)CCC[Si](OC)(OC)OC)[Si](C)(C)Cn1c(=O)n(C)c(=O)n(C[Si](C)(C)C(=C)[Si](C)(C)CCC[Si](OC)(OC)OC)c1=O. The fourth-order valence-corrected chi connectivity index (χ4v) is 32.0. The molecular weight excluding hydrogens is 715 g/mol. The molecule has 278 valence electrons. The molecule has 0 aliphatic rings. The summed E-state index contributed by atoms with van der Waals surface area (Å²) in [6, 6.07) is 3.31. The second-order valence-electron chi connectivity index (χ2n) is 15.4. The van der Waals surface area contributed by atoms with E-state index in [1.54, 1.807) is 42.7 Å². The van der Waals surface area contributed by atoms with Gasteiger partial charge < -0.3 is 26.6 Å². The molecule has 0 aromatic carbocycles. The smallest absolute Gasteiger partial charge is 0.377 e. The zero-order chi connectivity index (χ0) is 37.5. The van der Waals surface area contributed by atoms with Crippen molar-refractivity contribution in [1.82, 2.24) is 13.7 Å². The van der Waals surface area contributed by atoms with Crippen LogP contribution in [-0.4, -0.2) is 106 Å². The van der Waals surface area contributed by atoms with Crippen molar-refractivity contribution < 1.29 is 26.6 Å². The van der Waals surface area contributed by atoms with Crippen molar-refractivity contribution in [3.63, 3.8) is 0 Å². The maximum absolute atomic E-state index is 14.1. The molecule has 12 nitrogen and oxygen atoms in total. The summed E-state index contributed by atoms with van der Waals surface area (Å²) in [6.45, 7) is 27.0. The molecule has 0 saturated heterocycles. The Morgan fingerprint density at radius 1 is 0.500 bits per heavy atom. The maximum atomic E-state index is 14.1. The predicted molar refractivity (Wildman–Crippen MR) is 210 cm³/mol. The lowest BCUT2D eigenvalue weighted by molar-refractivity contribution is 0.123. The normalized spacial score (nSPS) is 13.6. The van der Waals surface area contributed by atoms with Gasteiger partial charge in [0, 0.05) is 74.1 Å². The highest BCUT2D eigenvalue weighted by Gasteiger charge is 2.43. The molecule has 48 heavy (non-hydrogen) atoms. The van der Waals surface area contributed by atoms with Crippen molar-refractivity contribution in [1.29, 1.82) is 0 Å². The monoisotopic (exact) mass is 779 g/mol. The first-order chi connectivity index (χ1) is 21.9. The Labute approximate surface area is 294 Å². The molecule has 0 aliphatic carbocycles. The first kappa shape index (κ1) is 45.0. The second kappa shape index (κ2) is 17.4. The van der Waals surface area contributed by atoms with E-state index in [-0.39, 0.29) is 12.3 Å². The minimum absolute atomic E-state index is 0.258. The molecule has 0 amide bonds. The number of hydrogen-bond acceptors (Lipinski definition) is 9. The van der Waals surface area contributed by atoms with Crippen LogP contribution in [0, 0.1) is 0 Å². The zero-order valence-electron chi connectivity index (χ0n) is 32.6. The van der Waals surface area contributed by atoms with Gasteiger partial charge in [0.25, 0.3) is 0 Å². The van der Waals surface area contributed by atoms with E-state index in [0.29, 0.717) is 12.1 Å². The lowest BCUT2D eigenvalue weighted by atomic mass is 10.6. The van der Waals surface area contributed by atoms with Crippen molar-refractivity contribution in [3.05, 3.63) is 54.3 Å². The van der Waals surface area contributed by atoms with Gasteiger partial charge in [-0.2, -0.15) is 0 Å². The van der Waals surface area contributed by atoms with Gasteiger partial charge in [0.15, 0.2) is 0 Å². The summed E-state index contributed by atoms with van der Waals surface area (Å²) in [5.41, 5.74) is -1.71. The second-order valence-corrected chi connectivity index (χ2v) is 41.7. The Hall–Kier alpha value is -1.05. The fraction of sp³-hybridized carbons (Fsp3) is 0.767. The summed E-state index contributed by atoms with van der Waals surface area (Å²) in [4.78, 5) is 43.4. The molecule has 0 saturated carbocycles. The molecule has 0 atom stereocenters. The largest absolute Gasteiger partial charge is 0.500 e. The van der Waals surface area contributed by atoms with Crippen molar-refractivity contribution in [3.8, 4) is 0 Å². The van der Waals surface area contributed by atoms with Gasteiger partial charge in [-0.3, -0.25) is 0 Å². The highest BCUT2D eigenvalue weighted by molar-refractivity contribution is 7.05. The average molecular weight is 780 g/mol. The van der Waals surface area contributed by atoms with E-state index in [9.17, 15) is 14.4 Å². The lowest BCUT2D eigenvalue weighted by Gasteiger charge is -2.37. The first-order valence-corrected chi connectivity index (χ1v) is 33.2. The quantitative estimate of drug-likeness (QED) is 0.158. The Bertz CT molecular complexity index is 1330. The van der Waals surface area contributed by atoms with E-state index in [2.05, 4.69) is 65.5 Å². The third-order valence-corrected chi connectivity index (χ3v) is 36.0. The van der Waals surface area contributed by atoms with Gasteiger partial charge in [-0.25, -0.2) is 28.1 Å². The van der Waals surface area contributed by atoms with E-state index in [1.165, 1.54) is 25.8 Å². The van der Waals surface area contributed by atoms with Gasteiger partial charge in [0.1, 0.15) is 0 Å². The highest BCUT2D eigenvalue weighted by Crippen LogP contribution is 2.32. The van der Waals surface area contributed by atoms with Crippen LogP contribution in [0.4, 0.5) is 0 Å². The molecule has 1 rings (SSSR count). The molecule has 0 bridgehead atoms. The van der Waals surface area contributed by atoms with Crippen molar-refractivity contribution >= 4 is 49.9 Å². The molecular formula is C30H65N3O9Si6. The van der Waals surface area contributed by atoms with Crippen LogP contribution < -0.4 is 17.1 Å². The minimum Gasteiger partial charge on any atom is -0.377 e. The zero-order valence-corrected chi connectivity index (χ0v) is 38.6. The van der Waals surface area contributed by atoms with E-state index in [4.69, 9.17) is 26.6 Å². The van der Waals surface area contributed by atoms with Gasteiger partial charge in [-0.1, -0.05) is 86.9 Å². The van der Waals surface area contributed by atoms with Gasteiger partial charge in [-0.05, 0) is 0 Å². The average Bonchev–Trinajstić information content (AvgIpc) is 3.04. The molecule has 0 fully saturated rings. The maximum Gasteiger partial charge on any atom is 0.500 e. The molecule has 0 radical (unpaired) electrons. The molecule has 18 heteroatoms. The van der Waals surface area contributed by atoms with E-state index >= 15 is 0 Å². The first-order valence-electron chi connectivity index (χ1n) is 16.5.